The Morgan fingerprint density at radius 1 is 1.44 bits per heavy atom. The summed E-state index contributed by atoms with van der Waals surface area (Å²) in [4.78, 5) is 19.6. The largest absolute Gasteiger partial charge is 0.476 e. The van der Waals surface area contributed by atoms with Crippen molar-refractivity contribution >= 4 is 17.7 Å². The number of carboxylic acid groups (broad SMARTS) is 1. The molecule has 0 unspecified atom stereocenters. The van der Waals surface area contributed by atoms with E-state index in [0.717, 1.165) is 5.69 Å². The van der Waals surface area contributed by atoms with Crippen molar-refractivity contribution in [2.75, 3.05) is 6.26 Å². The molecule has 2 rings (SSSR count). The monoisotopic (exact) mass is 264 g/mol. The molecule has 0 spiro atoms. The molecule has 94 valence electrons. The molecule has 0 amide bonds. The highest BCUT2D eigenvalue weighted by molar-refractivity contribution is 7.98. The van der Waals surface area contributed by atoms with E-state index in [0.29, 0.717) is 16.4 Å². The lowest BCUT2D eigenvalue weighted by atomic mass is 10.1. The summed E-state index contributed by atoms with van der Waals surface area (Å²) in [5, 5.41) is 13.7. The minimum absolute atomic E-state index is 0.0329. The number of nitrogens with zero attached hydrogens (tertiary/aromatic N) is 4. The first-order chi connectivity index (χ1) is 8.54. The van der Waals surface area contributed by atoms with Crippen molar-refractivity contribution in [2.24, 2.45) is 7.05 Å². The van der Waals surface area contributed by atoms with Gasteiger partial charge in [-0.05, 0) is 19.2 Å². The Morgan fingerprint density at radius 2 is 2.17 bits per heavy atom. The molecule has 2 heterocycles. The normalized spacial score (nSPS) is 10.6. The van der Waals surface area contributed by atoms with Crippen LogP contribution in [0.1, 0.15) is 16.1 Å². The number of hydrogen-bond donors (Lipinski definition) is 1. The highest BCUT2D eigenvalue weighted by Crippen LogP contribution is 2.24. The van der Waals surface area contributed by atoms with E-state index < -0.39 is 5.97 Å². The first-order valence-corrected chi connectivity index (χ1v) is 6.41. The van der Waals surface area contributed by atoms with Gasteiger partial charge in [0.15, 0.2) is 10.9 Å². The van der Waals surface area contributed by atoms with E-state index in [1.807, 2.05) is 6.26 Å². The molecule has 6 nitrogen and oxygen atoms in total. The summed E-state index contributed by atoms with van der Waals surface area (Å²) in [6, 6.07) is 1.80. The molecule has 0 saturated carbocycles. The molecular formula is C11H12N4O2S. The van der Waals surface area contributed by atoms with Crippen LogP contribution < -0.4 is 0 Å². The molecule has 0 fully saturated rings. The van der Waals surface area contributed by atoms with Crippen LogP contribution in [0.3, 0.4) is 0 Å². The van der Waals surface area contributed by atoms with Crippen LogP contribution in [0.15, 0.2) is 17.4 Å². The smallest absolute Gasteiger partial charge is 0.354 e. The van der Waals surface area contributed by atoms with Crippen LogP contribution >= 0.6 is 11.8 Å². The predicted octanol–water partition coefficient (Wildman–Crippen LogP) is 1.61. The number of thioether (sulfide) groups is 1. The van der Waals surface area contributed by atoms with Crippen LogP contribution in [-0.4, -0.2) is 37.1 Å². The van der Waals surface area contributed by atoms with E-state index in [4.69, 9.17) is 5.11 Å². The molecule has 0 aliphatic carbocycles. The fourth-order valence-corrected chi connectivity index (χ4v) is 2.02. The van der Waals surface area contributed by atoms with Gasteiger partial charge in [0.2, 0.25) is 0 Å². The van der Waals surface area contributed by atoms with Crippen molar-refractivity contribution in [1.29, 1.82) is 0 Å². The van der Waals surface area contributed by atoms with Crippen molar-refractivity contribution in [3.8, 4) is 11.4 Å². The van der Waals surface area contributed by atoms with Crippen LogP contribution in [0, 0.1) is 6.92 Å². The molecule has 0 saturated heterocycles. The van der Waals surface area contributed by atoms with Gasteiger partial charge in [0.05, 0.1) is 11.4 Å². The van der Waals surface area contributed by atoms with Gasteiger partial charge >= 0.3 is 5.97 Å². The van der Waals surface area contributed by atoms with Crippen LogP contribution in [0.2, 0.25) is 0 Å². The zero-order valence-electron chi connectivity index (χ0n) is 10.2. The van der Waals surface area contributed by atoms with Crippen LogP contribution in [0.4, 0.5) is 0 Å². The number of hydrogen-bond acceptors (Lipinski definition) is 5. The first kappa shape index (κ1) is 12.6. The third kappa shape index (κ3) is 2.08. The van der Waals surface area contributed by atoms with Gasteiger partial charge in [0.1, 0.15) is 0 Å². The number of carboxylic acids is 1. The third-order valence-corrected chi connectivity index (χ3v) is 3.12. The van der Waals surface area contributed by atoms with Crippen LogP contribution in [0.25, 0.3) is 11.4 Å². The lowest BCUT2D eigenvalue weighted by Gasteiger charge is -2.09. The summed E-state index contributed by atoms with van der Waals surface area (Å²) in [6.45, 7) is 1.70. The lowest BCUT2D eigenvalue weighted by Crippen LogP contribution is -2.09. The fourth-order valence-electron chi connectivity index (χ4n) is 1.65. The quantitative estimate of drug-likeness (QED) is 0.670. The average Bonchev–Trinajstić information content (AvgIpc) is 2.75. The lowest BCUT2D eigenvalue weighted by molar-refractivity contribution is 0.0688. The predicted molar refractivity (Wildman–Crippen MR) is 67.7 cm³/mol. The maximum Gasteiger partial charge on any atom is 0.354 e. The second kappa shape index (κ2) is 4.77. The topological polar surface area (TPSA) is 80.9 Å². The molecule has 0 radical (unpaired) electrons. The molecule has 0 aromatic carbocycles. The van der Waals surface area contributed by atoms with E-state index in [9.17, 15) is 4.79 Å². The zero-order valence-corrected chi connectivity index (χ0v) is 11.0. The van der Waals surface area contributed by atoms with Gasteiger partial charge in [0.25, 0.3) is 0 Å². The van der Waals surface area contributed by atoms with E-state index in [2.05, 4.69) is 15.1 Å². The molecule has 0 atom stereocenters. The molecular weight excluding hydrogens is 252 g/mol. The van der Waals surface area contributed by atoms with Crippen molar-refractivity contribution in [3.05, 3.63) is 23.5 Å². The van der Waals surface area contributed by atoms with Crippen molar-refractivity contribution < 1.29 is 9.90 Å². The highest BCUT2D eigenvalue weighted by atomic mass is 32.2. The number of aryl methyl sites for hydroxylation is 1. The summed E-state index contributed by atoms with van der Waals surface area (Å²) < 4.78 is 1.66. The molecule has 0 aliphatic rings. The van der Waals surface area contributed by atoms with Crippen molar-refractivity contribution in [3.63, 3.8) is 0 Å². The molecule has 1 N–H and O–H groups in total. The SMILES string of the molecule is CSc1nc(C(=O)O)c(C)c(-c2ccnn2C)n1. The maximum absolute atomic E-state index is 11.2. The number of rotatable bonds is 3. The summed E-state index contributed by atoms with van der Waals surface area (Å²) >= 11 is 1.31. The molecule has 2 aromatic heterocycles. The maximum atomic E-state index is 11.2. The molecule has 18 heavy (non-hydrogen) atoms. The number of aromatic carboxylic acids is 1. The Labute approximate surface area is 108 Å². The second-order valence-corrected chi connectivity index (χ2v) is 4.45. The summed E-state index contributed by atoms with van der Waals surface area (Å²) in [5.74, 6) is -1.05. The van der Waals surface area contributed by atoms with Gasteiger partial charge in [-0.1, -0.05) is 11.8 Å². The summed E-state index contributed by atoms with van der Waals surface area (Å²) in [5.41, 5.74) is 1.95. The zero-order chi connectivity index (χ0) is 13.3. The Kier molecular flexibility index (Phi) is 3.33. The van der Waals surface area contributed by atoms with E-state index in [1.54, 1.807) is 30.9 Å². The minimum Gasteiger partial charge on any atom is -0.476 e. The minimum atomic E-state index is -1.05. The van der Waals surface area contributed by atoms with E-state index in [-0.39, 0.29) is 5.69 Å². The Balaban J connectivity index is 2.70. The van der Waals surface area contributed by atoms with Crippen molar-refractivity contribution in [2.45, 2.75) is 12.1 Å². The highest BCUT2D eigenvalue weighted by Gasteiger charge is 2.18. The van der Waals surface area contributed by atoms with Crippen LogP contribution in [0.5, 0.6) is 0 Å². The van der Waals surface area contributed by atoms with Gasteiger partial charge in [-0.25, -0.2) is 14.8 Å². The van der Waals surface area contributed by atoms with Gasteiger partial charge in [-0.2, -0.15) is 5.10 Å². The fraction of sp³-hybridized carbons (Fsp3) is 0.273. The average molecular weight is 264 g/mol. The summed E-state index contributed by atoms with van der Waals surface area (Å²) in [7, 11) is 1.79. The molecule has 2 aromatic rings. The second-order valence-electron chi connectivity index (χ2n) is 3.68. The standard InChI is InChI=1S/C11H12N4O2S/c1-6-8(7-4-5-12-15(7)2)13-11(18-3)14-9(6)10(16)17/h4-5H,1-3H3,(H,16,17). The van der Waals surface area contributed by atoms with Gasteiger partial charge < -0.3 is 5.11 Å². The Morgan fingerprint density at radius 3 is 2.67 bits per heavy atom. The summed E-state index contributed by atoms with van der Waals surface area (Å²) in [6.07, 6.45) is 3.46. The number of aromatic nitrogens is 4. The van der Waals surface area contributed by atoms with E-state index >= 15 is 0 Å². The van der Waals surface area contributed by atoms with Crippen molar-refractivity contribution in [1.82, 2.24) is 19.7 Å². The molecule has 0 bridgehead atoms. The first-order valence-electron chi connectivity index (χ1n) is 5.19. The number of carbonyl (C=O) groups is 1. The van der Waals surface area contributed by atoms with Crippen LogP contribution in [-0.2, 0) is 7.05 Å². The van der Waals surface area contributed by atoms with Gasteiger partial charge in [-0.3, -0.25) is 4.68 Å². The van der Waals surface area contributed by atoms with Gasteiger partial charge in [-0.15, -0.1) is 0 Å². The van der Waals surface area contributed by atoms with E-state index in [1.165, 1.54) is 11.8 Å². The Bertz CT molecular complexity index is 609. The third-order valence-electron chi connectivity index (χ3n) is 2.57. The van der Waals surface area contributed by atoms with Gasteiger partial charge in [0, 0.05) is 18.8 Å². The molecule has 7 heteroatoms. The molecule has 0 aliphatic heterocycles. The Hall–Kier alpha value is -1.89.